The molecule has 3 heteroatoms. The summed E-state index contributed by atoms with van der Waals surface area (Å²) in [6.45, 7) is 5.67. The van der Waals surface area contributed by atoms with E-state index in [1.54, 1.807) is 0 Å². The molecule has 1 aromatic carbocycles. The maximum Gasteiger partial charge on any atom is 0.0212 e. The summed E-state index contributed by atoms with van der Waals surface area (Å²) in [7, 11) is 0. The van der Waals surface area contributed by atoms with E-state index in [0.29, 0.717) is 6.04 Å². The Balaban J connectivity index is 1.32. The quantitative estimate of drug-likeness (QED) is 0.858. The average Bonchev–Trinajstić information content (AvgIpc) is 3.01. The van der Waals surface area contributed by atoms with Crippen molar-refractivity contribution in [3.05, 3.63) is 34.9 Å². The van der Waals surface area contributed by atoms with E-state index in [2.05, 4.69) is 33.7 Å². The Labute approximate surface area is 115 Å². The predicted molar refractivity (Wildman–Crippen MR) is 76.8 cm³/mol. The number of likely N-dealkylation sites (tertiary alicyclic amines) is 1. The van der Waals surface area contributed by atoms with Gasteiger partial charge in [-0.15, -0.1) is 0 Å². The molecule has 1 unspecified atom stereocenters. The maximum absolute atomic E-state index is 3.74. The third kappa shape index (κ3) is 2.55. The van der Waals surface area contributed by atoms with Crippen molar-refractivity contribution in [2.24, 2.45) is 0 Å². The zero-order valence-electron chi connectivity index (χ0n) is 11.5. The van der Waals surface area contributed by atoms with E-state index in [0.717, 1.165) is 25.7 Å². The number of nitrogens with one attached hydrogen (secondary N) is 2. The van der Waals surface area contributed by atoms with Gasteiger partial charge in [-0.3, -0.25) is 4.90 Å². The molecular formula is C16H23N3. The van der Waals surface area contributed by atoms with Crippen LogP contribution in [0.15, 0.2) is 18.2 Å². The largest absolute Gasteiger partial charge is 0.309 e. The molecule has 2 aliphatic heterocycles. The smallest absolute Gasteiger partial charge is 0.0212 e. The molecule has 2 N–H and O–H groups in total. The molecule has 0 radical (unpaired) electrons. The highest BCUT2D eigenvalue weighted by Gasteiger charge is 2.33. The molecule has 1 aliphatic carbocycles. The molecule has 1 saturated heterocycles. The van der Waals surface area contributed by atoms with Gasteiger partial charge < -0.3 is 10.6 Å². The molecule has 3 aliphatic rings. The van der Waals surface area contributed by atoms with Gasteiger partial charge in [0.1, 0.15) is 0 Å². The second-order valence-electron chi connectivity index (χ2n) is 6.30. The first-order valence-corrected chi connectivity index (χ1v) is 7.67. The minimum atomic E-state index is 0.701. The van der Waals surface area contributed by atoms with Crippen molar-refractivity contribution >= 4 is 0 Å². The fourth-order valence-electron chi connectivity index (χ4n) is 3.45. The van der Waals surface area contributed by atoms with E-state index in [-0.39, 0.29) is 0 Å². The number of nitrogens with zero attached hydrogens (tertiary/aromatic N) is 1. The van der Waals surface area contributed by atoms with Crippen molar-refractivity contribution in [1.82, 2.24) is 15.5 Å². The van der Waals surface area contributed by atoms with Crippen LogP contribution in [0.5, 0.6) is 0 Å². The topological polar surface area (TPSA) is 27.3 Å². The van der Waals surface area contributed by atoms with Gasteiger partial charge >= 0.3 is 0 Å². The number of fused-ring (bicyclic) bond motifs is 1. The van der Waals surface area contributed by atoms with Gasteiger partial charge in [0.25, 0.3) is 0 Å². The summed E-state index contributed by atoms with van der Waals surface area (Å²) in [5.74, 6) is 0. The van der Waals surface area contributed by atoms with Crippen LogP contribution in [-0.2, 0) is 19.6 Å². The summed E-state index contributed by atoms with van der Waals surface area (Å²) in [5.41, 5.74) is 4.40. The highest BCUT2D eigenvalue weighted by atomic mass is 15.2. The van der Waals surface area contributed by atoms with Gasteiger partial charge in [0, 0.05) is 44.8 Å². The molecular weight excluding hydrogens is 234 g/mol. The summed E-state index contributed by atoms with van der Waals surface area (Å²) in [6.07, 6.45) is 4.19. The van der Waals surface area contributed by atoms with Crippen molar-refractivity contribution in [3.63, 3.8) is 0 Å². The lowest BCUT2D eigenvalue weighted by Crippen LogP contribution is -2.32. The zero-order chi connectivity index (χ0) is 12.7. The van der Waals surface area contributed by atoms with Crippen LogP contribution in [-0.4, -0.2) is 30.1 Å². The molecule has 1 aromatic rings. The Morgan fingerprint density at radius 3 is 2.95 bits per heavy atom. The third-order valence-electron chi connectivity index (χ3n) is 4.78. The molecule has 3 nitrogen and oxygen atoms in total. The fourth-order valence-corrected chi connectivity index (χ4v) is 3.45. The first-order chi connectivity index (χ1) is 9.38. The van der Waals surface area contributed by atoms with E-state index >= 15 is 0 Å². The van der Waals surface area contributed by atoms with Crippen molar-refractivity contribution in [1.29, 1.82) is 0 Å². The second kappa shape index (κ2) is 4.89. The van der Waals surface area contributed by atoms with Crippen LogP contribution in [0.3, 0.4) is 0 Å². The van der Waals surface area contributed by atoms with Gasteiger partial charge in [-0.25, -0.2) is 0 Å². The molecule has 0 aromatic heterocycles. The lowest BCUT2D eigenvalue weighted by molar-refractivity contribution is 0.317. The van der Waals surface area contributed by atoms with Crippen LogP contribution >= 0.6 is 0 Å². The van der Waals surface area contributed by atoms with Crippen molar-refractivity contribution in [2.75, 3.05) is 13.1 Å². The Morgan fingerprint density at radius 1 is 1.16 bits per heavy atom. The van der Waals surface area contributed by atoms with Gasteiger partial charge in [0.2, 0.25) is 0 Å². The Morgan fingerprint density at radius 2 is 2.05 bits per heavy atom. The van der Waals surface area contributed by atoms with E-state index in [1.165, 1.54) is 49.0 Å². The van der Waals surface area contributed by atoms with Crippen molar-refractivity contribution in [3.8, 4) is 0 Å². The van der Waals surface area contributed by atoms with Crippen molar-refractivity contribution in [2.45, 2.75) is 51.0 Å². The average molecular weight is 257 g/mol. The van der Waals surface area contributed by atoms with E-state index in [9.17, 15) is 0 Å². The summed E-state index contributed by atoms with van der Waals surface area (Å²) in [6, 6.07) is 8.57. The molecule has 0 bridgehead atoms. The van der Waals surface area contributed by atoms with Crippen LogP contribution in [0.1, 0.15) is 36.0 Å². The molecule has 4 rings (SSSR count). The van der Waals surface area contributed by atoms with Gasteiger partial charge in [-0.2, -0.15) is 0 Å². The van der Waals surface area contributed by atoms with Crippen LogP contribution in [0.2, 0.25) is 0 Å². The van der Waals surface area contributed by atoms with Gasteiger partial charge in [-0.05, 0) is 36.0 Å². The normalized spacial score (nSPS) is 26.8. The van der Waals surface area contributed by atoms with Crippen LogP contribution in [0, 0.1) is 0 Å². The highest BCUT2D eigenvalue weighted by molar-refractivity contribution is 5.34. The van der Waals surface area contributed by atoms with E-state index in [1.807, 2.05) is 0 Å². The predicted octanol–water partition coefficient (Wildman–Crippen LogP) is 1.62. The number of hydrogen-bond acceptors (Lipinski definition) is 3. The second-order valence-corrected chi connectivity index (χ2v) is 6.30. The zero-order valence-corrected chi connectivity index (χ0v) is 11.5. The standard InChI is InChI=1S/C16H23N3/c1-2-13-9-17-10-14(13)7-12(1)8-18-15-5-6-19(11-15)16-3-4-16/h1-2,7,15-18H,3-6,8-11H2. The first kappa shape index (κ1) is 11.9. The first-order valence-electron chi connectivity index (χ1n) is 7.67. The summed E-state index contributed by atoms with van der Waals surface area (Å²) < 4.78 is 0. The molecule has 19 heavy (non-hydrogen) atoms. The lowest BCUT2D eigenvalue weighted by Gasteiger charge is -2.16. The van der Waals surface area contributed by atoms with E-state index in [4.69, 9.17) is 0 Å². The molecule has 1 saturated carbocycles. The summed E-state index contributed by atoms with van der Waals surface area (Å²) in [4.78, 5) is 2.67. The number of benzene rings is 1. The monoisotopic (exact) mass is 257 g/mol. The summed E-state index contributed by atoms with van der Waals surface area (Å²) in [5, 5.41) is 7.15. The summed E-state index contributed by atoms with van der Waals surface area (Å²) >= 11 is 0. The van der Waals surface area contributed by atoms with Crippen LogP contribution in [0.25, 0.3) is 0 Å². The minimum absolute atomic E-state index is 0.701. The number of hydrogen-bond donors (Lipinski definition) is 2. The SMILES string of the molecule is c1cc2c(cc1CNC1CCN(C3CC3)C1)CNC2. The molecule has 2 fully saturated rings. The molecule has 1 atom stereocenters. The molecule has 2 heterocycles. The molecule has 0 amide bonds. The number of rotatable bonds is 4. The highest BCUT2D eigenvalue weighted by Crippen LogP contribution is 2.29. The van der Waals surface area contributed by atoms with Gasteiger partial charge in [0.05, 0.1) is 0 Å². The molecule has 102 valence electrons. The van der Waals surface area contributed by atoms with Crippen LogP contribution in [0.4, 0.5) is 0 Å². The third-order valence-corrected chi connectivity index (χ3v) is 4.78. The Bertz CT molecular complexity index is 467. The maximum atomic E-state index is 3.74. The van der Waals surface area contributed by atoms with Gasteiger partial charge in [-0.1, -0.05) is 18.2 Å². The van der Waals surface area contributed by atoms with Gasteiger partial charge in [0.15, 0.2) is 0 Å². The van der Waals surface area contributed by atoms with Crippen LogP contribution < -0.4 is 10.6 Å². The van der Waals surface area contributed by atoms with E-state index < -0.39 is 0 Å². The Hall–Kier alpha value is -0.900. The van der Waals surface area contributed by atoms with Crippen molar-refractivity contribution < 1.29 is 0 Å². The fraction of sp³-hybridized carbons (Fsp3) is 0.625. The minimum Gasteiger partial charge on any atom is -0.309 e. The Kier molecular flexibility index (Phi) is 3.06. The lowest BCUT2D eigenvalue weighted by atomic mass is 10.1. The molecule has 0 spiro atoms.